The van der Waals surface area contributed by atoms with Crippen LogP contribution >= 0.6 is 0 Å². The van der Waals surface area contributed by atoms with Crippen LogP contribution in [0.25, 0.3) is 22.2 Å². The number of fused-ring (bicyclic) bond motifs is 1. The van der Waals surface area contributed by atoms with E-state index in [0.717, 1.165) is 22.2 Å². The van der Waals surface area contributed by atoms with E-state index in [-0.39, 0.29) is 12.5 Å². The third kappa shape index (κ3) is 3.35. The number of aromatic nitrogens is 5. The van der Waals surface area contributed by atoms with E-state index in [1.54, 1.807) is 47.9 Å². The minimum Gasteiger partial charge on any atom is -0.328 e. The predicted molar refractivity (Wildman–Crippen MR) is 93.6 cm³/mol. The molecule has 0 saturated carbocycles. The Balaban J connectivity index is 1.59. The molecule has 0 unspecified atom stereocenters. The molecule has 7 heteroatoms. The Morgan fingerprint density at radius 3 is 2.88 bits per heavy atom. The molecular formula is C18H14N6O. The second-order valence-corrected chi connectivity index (χ2v) is 5.48. The smallest absolute Gasteiger partial charge is 0.245 e. The lowest BCUT2D eigenvalue weighted by Gasteiger charge is -2.07. The maximum atomic E-state index is 12.1. The first kappa shape index (κ1) is 14.9. The van der Waals surface area contributed by atoms with Gasteiger partial charge in [-0.2, -0.15) is 0 Å². The van der Waals surface area contributed by atoms with Gasteiger partial charge in [0.15, 0.2) is 0 Å². The molecule has 0 bridgehead atoms. The van der Waals surface area contributed by atoms with Crippen LogP contribution in [0.5, 0.6) is 0 Å². The van der Waals surface area contributed by atoms with E-state index >= 15 is 0 Å². The molecule has 0 aliphatic rings. The van der Waals surface area contributed by atoms with Crippen LogP contribution in [0.4, 0.5) is 5.82 Å². The molecular weight excluding hydrogens is 316 g/mol. The monoisotopic (exact) mass is 330 g/mol. The number of rotatable bonds is 4. The summed E-state index contributed by atoms with van der Waals surface area (Å²) in [5.74, 6) is 0.293. The van der Waals surface area contributed by atoms with Gasteiger partial charge >= 0.3 is 0 Å². The highest BCUT2D eigenvalue weighted by Gasteiger charge is 2.07. The standard InChI is InChI=1S/C18H14N6O/c25-18(11-24-7-6-20-12-24)23-17-8-16-14(10-21-17)3-4-15(22-16)13-2-1-5-19-9-13/h1-10,12H,11H2,(H,21,23,25). The number of hydrogen-bond acceptors (Lipinski definition) is 5. The fourth-order valence-electron chi connectivity index (χ4n) is 2.49. The lowest BCUT2D eigenvalue weighted by atomic mass is 10.1. The van der Waals surface area contributed by atoms with Gasteiger partial charge in [-0.05, 0) is 24.3 Å². The summed E-state index contributed by atoms with van der Waals surface area (Å²) in [4.78, 5) is 29.0. The molecule has 0 spiro atoms. The molecule has 4 rings (SSSR count). The summed E-state index contributed by atoms with van der Waals surface area (Å²) in [6.07, 6.45) is 10.1. The molecule has 1 amide bonds. The van der Waals surface area contributed by atoms with Gasteiger partial charge in [-0.15, -0.1) is 0 Å². The normalized spacial score (nSPS) is 10.7. The van der Waals surface area contributed by atoms with Crippen molar-refractivity contribution >= 4 is 22.6 Å². The highest BCUT2D eigenvalue weighted by molar-refractivity contribution is 5.92. The average molecular weight is 330 g/mol. The Morgan fingerprint density at radius 1 is 1.12 bits per heavy atom. The Morgan fingerprint density at radius 2 is 2.08 bits per heavy atom. The predicted octanol–water partition coefficient (Wildman–Crippen LogP) is 2.53. The molecule has 7 nitrogen and oxygen atoms in total. The molecule has 0 radical (unpaired) electrons. The number of pyridine rings is 3. The van der Waals surface area contributed by atoms with Crippen molar-refractivity contribution in [2.45, 2.75) is 6.54 Å². The Bertz CT molecular complexity index is 1010. The second kappa shape index (κ2) is 6.48. The van der Waals surface area contributed by atoms with Crippen molar-refractivity contribution < 1.29 is 4.79 Å². The summed E-state index contributed by atoms with van der Waals surface area (Å²) in [5, 5.41) is 3.68. The Labute approximate surface area is 143 Å². The fourth-order valence-corrected chi connectivity index (χ4v) is 2.49. The van der Waals surface area contributed by atoms with Crippen molar-refractivity contribution in [3.63, 3.8) is 0 Å². The summed E-state index contributed by atoms with van der Waals surface area (Å²) < 4.78 is 1.69. The molecule has 0 aliphatic heterocycles. The van der Waals surface area contributed by atoms with Crippen LogP contribution in [-0.2, 0) is 11.3 Å². The summed E-state index contributed by atoms with van der Waals surface area (Å²) in [7, 11) is 0. The lowest BCUT2D eigenvalue weighted by molar-refractivity contribution is -0.116. The average Bonchev–Trinajstić information content (AvgIpc) is 3.14. The zero-order valence-corrected chi connectivity index (χ0v) is 13.2. The van der Waals surface area contributed by atoms with Crippen LogP contribution in [0.1, 0.15) is 0 Å². The molecule has 0 atom stereocenters. The van der Waals surface area contributed by atoms with E-state index < -0.39 is 0 Å². The first-order chi connectivity index (χ1) is 12.3. The van der Waals surface area contributed by atoms with Crippen molar-refractivity contribution in [3.05, 3.63) is 67.6 Å². The third-order valence-corrected chi connectivity index (χ3v) is 3.68. The molecule has 4 heterocycles. The second-order valence-electron chi connectivity index (χ2n) is 5.48. The SMILES string of the molecule is O=C(Cn1ccnc1)Nc1cc2nc(-c3cccnc3)ccc2cn1. The number of hydrogen-bond donors (Lipinski definition) is 1. The van der Waals surface area contributed by atoms with Crippen molar-refractivity contribution in [3.8, 4) is 11.3 Å². The zero-order chi connectivity index (χ0) is 17.1. The van der Waals surface area contributed by atoms with Gasteiger partial charge in [0.2, 0.25) is 5.91 Å². The summed E-state index contributed by atoms with van der Waals surface area (Å²) in [6, 6.07) is 9.47. The van der Waals surface area contributed by atoms with E-state index in [1.807, 2.05) is 24.3 Å². The van der Waals surface area contributed by atoms with Gasteiger partial charge in [-0.1, -0.05) is 0 Å². The summed E-state index contributed by atoms with van der Waals surface area (Å²) in [6.45, 7) is 0.183. The number of imidazole rings is 1. The number of amides is 1. The number of anilines is 1. The summed E-state index contributed by atoms with van der Waals surface area (Å²) >= 11 is 0. The van der Waals surface area contributed by atoms with Crippen molar-refractivity contribution in [2.24, 2.45) is 0 Å². The van der Waals surface area contributed by atoms with E-state index in [1.165, 1.54) is 0 Å². The number of nitrogens with one attached hydrogen (secondary N) is 1. The van der Waals surface area contributed by atoms with Gasteiger partial charge in [0.25, 0.3) is 0 Å². The van der Waals surface area contributed by atoms with Crippen LogP contribution in [-0.4, -0.2) is 30.4 Å². The largest absolute Gasteiger partial charge is 0.328 e. The molecule has 25 heavy (non-hydrogen) atoms. The van der Waals surface area contributed by atoms with Crippen molar-refractivity contribution in [2.75, 3.05) is 5.32 Å². The third-order valence-electron chi connectivity index (χ3n) is 3.68. The minimum atomic E-state index is -0.173. The first-order valence-corrected chi connectivity index (χ1v) is 7.71. The maximum absolute atomic E-state index is 12.1. The summed E-state index contributed by atoms with van der Waals surface area (Å²) in [5.41, 5.74) is 2.52. The molecule has 4 aromatic rings. The van der Waals surface area contributed by atoms with Crippen LogP contribution in [0.3, 0.4) is 0 Å². The Hall–Kier alpha value is -3.61. The van der Waals surface area contributed by atoms with E-state index in [0.29, 0.717) is 5.82 Å². The van der Waals surface area contributed by atoms with Crippen molar-refractivity contribution in [1.29, 1.82) is 0 Å². The molecule has 4 aromatic heterocycles. The lowest BCUT2D eigenvalue weighted by Crippen LogP contribution is -2.18. The van der Waals surface area contributed by atoms with Gasteiger partial charge in [0, 0.05) is 48.0 Å². The Kier molecular flexibility index (Phi) is 3.88. The van der Waals surface area contributed by atoms with Gasteiger partial charge in [0.1, 0.15) is 12.4 Å². The van der Waals surface area contributed by atoms with Crippen LogP contribution in [0.2, 0.25) is 0 Å². The zero-order valence-electron chi connectivity index (χ0n) is 13.2. The van der Waals surface area contributed by atoms with Gasteiger partial charge < -0.3 is 9.88 Å². The number of carbonyl (C=O) groups is 1. The van der Waals surface area contributed by atoms with Crippen LogP contribution in [0.15, 0.2) is 67.6 Å². The van der Waals surface area contributed by atoms with Gasteiger partial charge in [0.05, 0.1) is 17.5 Å². The van der Waals surface area contributed by atoms with E-state index in [2.05, 4.69) is 25.3 Å². The van der Waals surface area contributed by atoms with Gasteiger partial charge in [-0.3, -0.25) is 9.78 Å². The van der Waals surface area contributed by atoms with E-state index in [4.69, 9.17) is 0 Å². The maximum Gasteiger partial charge on any atom is 0.245 e. The molecule has 0 saturated heterocycles. The van der Waals surface area contributed by atoms with E-state index in [9.17, 15) is 4.79 Å². The first-order valence-electron chi connectivity index (χ1n) is 7.71. The molecule has 122 valence electrons. The topological polar surface area (TPSA) is 85.6 Å². The number of nitrogens with zero attached hydrogens (tertiary/aromatic N) is 5. The highest BCUT2D eigenvalue weighted by atomic mass is 16.2. The van der Waals surface area contributed by atoms with Gasteiger partial charge in [-0.25, -0.2) is 15.0 Å². The molecule has 0 aromatic carbocycles. The minimum absolute atomic E-state index is 0.173. The van der Waals surface area contributed by atoms with Crippen LogP contribution in [0, 0.1) is 0 Å². The molecule has 1 N–H and O–H groups in total. The van der Waals surface area contributed by atoms with Crippen molar-refractivity contribution in [1.82, 2.24) is 24.5 Å². The molecule has 0 fully saturated rings. The highest BCUT2D eigenvalue weighted by Crippen LogP contribution is 2.21. The van der Waals surface area contributed by atoms with Crippen LogP contribution < -0.4 is 5.32 Å². The quantitative estimate of drug-likeness (QED) is 0.621. The molecule has 0 aliphatic carbocycles. The fraction of sp³-hybridized carbons (Fsp3) is 0.0556. The number of carbonyl (C=O) groups excluding carboxylic acids is 1.